The van der Waals surface area contributed by atoms with Crippen molar-refractivity contribution in [3.05, 3.63) is 48.0 Å². The number of anilines is 1. The molecular weight excluding hydrogens is 444 g/mol. The van der Waals surface area contributed by atoms with Gasteiger partial charge in [0.25, 0.3) is 5.91 Å². The van der Waals surface area contributed by atoms with Gasteiger partial charge in [-0.15, -0.1) is 5.10 Å². The molecule has 3 fully saturated rings. The standard InChI is InChI=1S/C26H30N6O3/c33-24(19-6-7-19)28-26-27-23-3-1-2-22(32(23)29-26)18-4-8-20(9-5-18)25(34)31-12-10-21(11-13-31)30-14-16-35-17-15-30/h1-5,8-9,19,21H,6-7,10-17H2,(H,28,29,33). The van der Waals surface area contributed by atoms with Crippen LogP contribution >= 0.6 is 0 Å². The molecule has 4 heterocycles. The lowest BCUT2D eigenvalue weighted by atomic mass is 10.0. The number of fused-ring (bicyclic) bond motifs is 1. The van der Waals surface area contributed by atoms with Gasteiger partial charge in [0.15, 0.2) is 5.65 Å². The molecule has 6 rings (SSSR count). The van der Waals surface area contributed by atoms with Crippen LogP contribution in [0.3, 0.4) is 0 Å². The van der Waals surface area contributed by atoms with Gasteiger partial charge in [-0.1, -0.05) is 18.2 Å². The van der Waals surface area contributed by atoms with Crippen LogP contribution in [0.1, 0.15) is 36.0 Å². The Morgan fingerprint density at radius 2 is 1.66 bits per heavy atom. The maximum atomic E-state index is 13.1. The van der Waals surface area contributed by atoms with Crippen molar-refractivity contribution in [2.24, 2.45) is 5.92 Å². The van der Waals surface area contributed by atoms with E-state index in [2.05, 4.69) is 20.3 Å². The molecule has 2 amide bonds. The molecule has 2 aliphatic heterocycles. The smallest absolute Gasteiger partial charge is 0.253 e. The Kier molecular flexibility index (Phi) is 5.95. The number of nitrogens with zero attached hydrogens (tertiary/aromatic N) is 5. The van der Waals surface area contributed by atoms with Crippen LogP contribution in [-0.2, 0) is 9.53 Å². The average Bonchev–Trinajstić information content (AvgIpc) is 3.69. The minimum atomic E-state index is -0.0145. The molecule has 0 radical (unpaired) electrons. The molecule has 0 spiro atoms. The first-order valence-corrected chi connectivity index (χ1v) is 12.5. The summed E-state index contributed by atoms with van der Waals surface area (Å²) in [7, 11) is 0. The zero-order valence-electron chi connectivity index (χ0n) is 19.7. The Bertz CT molecular complexity index is 1220. The molecule has 2 aromatic heterocycles. The second-order valence-electron chi connectivity index (χ2n) is 9.63. The highest BCUT2D eigenvalue weighted by Crippen LogP contribution is 2.30. The highest BCUT2D eigenvalue weighted by Gasteiger charge is 2.30. The summed E-state index contributed by atoms with van der Waals surface area (Å²) in [6, 6.07) is 14.0. The highest BCUT2D eigenvalue weighted by molar-refractivity contribution is 5.95. The monoisotopic (exact) mass is 474 g/mol. The molecule has 35 heavy (non-hydrogen) atoms. The summed E-state index contributed by atoms with van der Waals surface area (Å²) in [6.07, 6.45) is 3.89. The summed E-state index contributed by atoms with van der Waals surface area (Å²) in [5.41, 5.74) is 3.15. The van der Waals surface area contributed by atoms with E-state index in [1.54, 1.807) is 4.52 Å². The van der Waals surface area contributed by atoms with Gasteiger partial charge >= 0.3 is 0 Å². The molecular formula is C26H30N6O3. The number of benzene rings is 1. The SMILES string of the molecule is O=C(Nc1nc2cccc(-c3ccc(C(=O)N4CCC(N5CCOCC5)CC4)cc3)n2n1)C1CC1. The van der Waals surface area contributed by atoms with Gasteiger partial charge in [-0.2, -0.15) is 4.98 Å². The van der Waals surface area contributed by atoms with Crippen molar-refractivity contribution in [3.63, 3.8) is 0 Å². The van der Waals surface area contributed by atoms with Crippen molar-refractivity contribution in [1.29, 1.82) is 0 Å². The maximum Gasteiger partial charge on any atom is 0.253 e. The third-order valence-electron chi connectivity index (χ3n) is 7.28. The number of hydrogen-bond acceptors (Lipinski definition) is 6. The second-order valence-corrected chi connectivity index (χ2v) is 9.63. The predicted molar refractivity (Wildman–Crippen MR) is 131 cm³/mol. The van der Waals surface area contributed by atoms with Crippen molar-refractivity contribution >= 4 is 23.4 Å². The summed E-state index contributed by atoms with van der Waals surface area (Å²) in [6.45, 7) is 5.18. The fraction of sp³-hybridized carbons (Fsp3) is 0.462. The molecule has 0 unspecified atom stereocenters. The van der Waals surface area contributed by atoms with Crippen LogP contribution in [-0.4, -0.2) is 81.6 Å². The van der Waals surface area contributed by atoms with E-state index in [4.69, 9.17) is 4.74 Å². The van der Waals surface area contributed by atoms with Crippen LogP contribution in [0.2, 0.25) is 0 Å². The molecule has 0 atom stereocenters. The lowest BCUT2D eigenvalue weighted by Gasteiger charge is -2.40. The molecule has 0 bridgehead atoms. The number of likely N-dealkylation sites (tertiary alicyclic amines) is 1. The first-order chi connectivity index (χ1) is 17.2. The van der Waals surface area contributed by atoms with Crippen LogP contribution in [0.15, 0.2) is 42.5 Å². The highest BCUT2D eigenvalue weighted by atomic mass is 16.5. The van der Waals surface area contributed by atoms with E-state index in [-0.39, 0.29) is 17.7 Å². The molecule has 9 heteroatoms. The summed E-state index contributed by atoms with van der Waals surface area (Å²) in [5.74, 6) is 0.485. The zero-order chi connectivity index (χ0) is 23.8. The Labute approximate surface area is 204 Å². The molecule has 9 nitrogen and oxygen atoms in total. The molecule has 2 saturated heterocycles. The first kappa shape index (κ1) is 22.2. The van der Waals surface area contributed by atoms with Crippen molar-refractivity contribution in [2.45, 2.75) is 31.7 Å². The summed E-state index contributed by atoms with van der Waals surface area (Å²) in [5, 5.41) is 7.32. The van der Waals surface area contributed by atoms with E-state index in [1.165, 1.54) is 0 Å². The molecule has 3 aromatic rings. The van der Waals surface area contributed by atoms with Crippen LogP contribution < -0.4 is 5.32 Å². The molecule has 1 aliphatic carbocycles. The number of morpholine rings is 1. The summed E-state index contributed by atoms with van der Waals surface area (Å²) in [4.78, 5) is 34.1. The molecule has 1 aromatic carbocycles. The lowest BCUT2D eigenvalue weighted by Crippen LogP contribution is -2.50. The predicted octanol–water partition coefficient (Wildman–Crippen LogP) is 2.68. The third-order valence-corrected chi connectivity index (χ3v) is 7.28. The van der Waals surface area contributed by atoms with Crippen molar-refractivity contribution < 1.29 is 14.3 Å². The number of pyridine rings is 1. The van der Waals surface area contributed by atoms with Crippen LogP contribution in [0, 0.1) is 5.92 Å². The Morgan fingerprint density at radius 3 is 2.37 bits per heavy atom. The number of carbonyl (C=O) groups excluding carboxylic acids is 2. The second kappa shape index (κ2) is 9.39. The number of ether oxygens (including phenoxy) is 1. The number of nitrogens with one attached hydrogen (secondary N) is 1. The van der Waals surface area contributed by atoms with Gasteiger partial charge in [-0.3, -0.25) is 19.8 Å². The largest absolute Gasteiger partial charge is 0.379 e. The minimum Gasteiger partial charge on any atom is -0.379 e. The topological polar surface area (TPSA) is 92.1 Å². The van der Waals surface area contributed by atoms with E-state index >= 15 is 0 Å². The number of piperidine rings is 1. The number of amides is 2. The first-order valence-electron chi connectivity index (χ1n) is 12.5. The summed E-state index contributed by atoms with van der Waals surface area (Å²) >= 11 is 0. The third kappa shape index (κ3) is 4.66. The molecule has 1 saturated carbocycles. The number of hydrogen-bond donors (Lipinski definition) is 1. The quantitative estimate of drug-likeness (QED) is 0.611. The van der Waals surface area contributed by atoms with Gasteiger partial charge in [0.1, 0.15) is 0 Å². The van der Waals surface area contributed by atoms with Crippen molar-refractivity contribution in [3.8, 4) is 11.3 Å². The van der Waals surface area contributed by atoms with E-state index in [1.807, 2.05) is 47.4 Å². The van der Waals surface area contributed by atoms with Gasteiger partial charge < -0.3 is 9.64 Å². The van der Waals surface area contributed by atoms with Crippen LogP contribution in [0.4, 0.5) is 5.95 Å². The average molecular weight is 475 g/mol. The molecule has 3 aliphatic rings. The summed E-state index contributed by atoms with van der Waals surface area (Å²) < 4.78 is 7.20. The van der Waals surface area contributed by atoms with Gasteiger partial charge in [0.05, 0.1) is 18.9 Å². The maximum absolute atomic E-state index is 13.1. The number of aromatic nitrogens is 3. The normalized spacial score (nSPS) is 19.7. The van der Waals surface area contributed by atoms with Gasteiger partial charge in [0, 0.05) is 49.3 Å². The van der Waals surface area contributed by atoms with Gasteiger partial charge in [0.2, 0.25) is 11.9 Å². The van der Waals surface area contributed by atoms with E-state index in [0.717, 1.165) is 76.3 Å². The van der Waals surface area contributed by atoms with Crippen LogP contribution in [0.5, 0.6) is 0 Å². The molecule has 182 valence electrons. The minimum absolute atomic E-state index is 0.0145. The van der Waals surface area contributed by atoms with Gasteiger partial charge in [-0.05, 0) is 49.9 Å². The number of rotatable bonds is 5. The Hall–Kier alpha value is -3.30. The van der Waals surface area contributed by atoms with E-state index in [0.29, 0.717) is 23.2 Å². The fourth-order valence-corrected chi connectivity index (χ4v) is 5.08. The number of carbonyl (C=O) groups is 2. The van der Waals surface area contributed by atoms with E-state index < -0.39 is 0 Å². The van der Waals surface area contributed by atoms with Crippen molar-refractivity contribution in [1.82, 2.24) is 24.4 Å². The lowest BCUT2D eigenvalue weighted by molar-refractivity contribution is -0.117. The Morgan fingerprint density at radius 1 is 0.914 bits per heavy atom. The van der Waals surface area contributed by atoms with Crippen LogP contribution in [0.25, 0.3) is 16.9 Å². The van der Waals surface area contributed by atoms with Gasteiger partial charge in [-0.25, -0.2) is 4.52 Å². The molecule has 1 N–H and O–H groups in total. The van der Waals surface area contributed by atoms with Crippen molar-refractivity contribution in [2.75, 3.05) is 44.7 Å². The Balaban J connectivity index is 1.13. The zero-order valence-corrected chi connectivity index (χ0v) is 19.7. The fourth-order valence-electron chi connectivity index (χ4n) is 5.08. The van der Waals surface area contributed by atoms with E-state index in [9.17, 15) is 9.59 Å².